The molecule has 2 aromatic heterocycles. The van der Waals surface area contributed by atoms with E-state index in [9.17, 15) is 4.79 Å². The van der Waals surface area contributed by atoms with Crippen molar-refractivity contribution in [2.75, 3.05) is 19.0 Å². The van der Waals surface area contributed by atoms with Crippen LogP contribution in [0.1, 0.15) is 37.6 Å². The smallest absolute Gasteiger partial charge is 0.263 e. The van der Waals surface area contributed by atoms with Gasteiger partial charge in [0.15, 0.2) is 5.16 Å². The maximum absolute atomic E-state index is 13.0. The number of aryl methyl sites for hydroxylation is 1. The molecule has 1 aliphatic carbocycles. The Morgan fingerprint density at radius 1 is 1.43 bits per heavy atom. The van der Waals surface area contributed by atoms with Crippen molar-refractivity contribution in [3.05, 3.63) is 20.8 Å². The van der Waals surface area contributed by atoms with Gasteiger partial charge in [-0.1, -0.05) is 18.7 Å². The minimum atomic E-state index is 0.142. The predicted molar refractivity (Wildman–Crippen MR) is 98.0 cm³/mol. The largest absolute Gasteiger partial charge is 0.381 e. The number of ether oxygens (including phenoxy) is 1. The van der Waals surface area contributed by atoms with Gasteiger partial charge in [0.1, 0.15) is 4.83 Å². The molecule has 4 nitrogen and oxygen atoms in total. The van der Waals surface area contributed by atoms with E-state index in [0.29, 0.717) is 19.1 Å². The first-order valence-corrected chi connectivity index (χ1v) is 10.2. The quantitative estimate of drug-likeness (QED) is 0.451. The van der Waals surface area contributed by atoms with Crippen LogP contribution in [0.4, 0.5) is 0 Å². The van der Waals surface area contributed by atoms with E-state index in [1.165, 1.54) is 16.9 Å². The molecule has 1 aliphatic rings. The van der Waals surface area contributed by atoms with Gasteiger partial charge in [-0.2, -0.15) is 0 Å². The first-order valence-electron chi connectivity index (χ1n) is 8.41. The molecule has 23 heavy (non-hydrogen) atoms. The van der Waals surface area contributed by atoms with E-state index >= 15 is 0 Å². The van der Waals surface area contributed by atoms with Gasteiger partial charge in [0.25, 0.3) is 5.56 Å². The fraction of sp³-hybridized carbons (Fsp3) is 0.647. The molecular weight excluding hydrogens is 328 g/mol. The van der Waals surface area contributed by atoms with Gasteiger partial charge in [0.2, 0.25) is 0 Å². The predicted octanol–water partition coefficient (Wildman–Crippen LogP) is 3.73. The van der Waals surface area contributed by atoms with Crippen molar-refractivity contribution < 1.29 is 4.74 Å². The molecule has 2 heterocycles. The molecule has 0 aromatic carbocycles. The summed E-state index contributed by atoms with van der Waals surface area (Å²) in [5.74, 6) is 1.54. The zero-order valence-corrected chi connectivity index (χ0v) is 15.7. The lowest BCUT2D eigenvalue weighted by molar-refractivity contribution is 0.164. The Hall–Kier alpha value is -0.850. The van der Waals surface area contributed by atoms with Gasteiger partial charge in [-0.15, -0.1) is 11.3 Å². The number of hydrogen-bond donors (Lipinski definition) is 0. The Labute approximate surface area is 145 Å². The van der Waals surface area contributed by atoms with Crippen molar-refractivity contribution in [3.63, 3.8) is 0 Å². The van der Waals surface area contributed by atoms with E-state index in [4.69, 9.17) is 9.72 Å². The summed E-state index contributed by atoms with van der Waals surface area (Å²) in [7, 11) is 0. The van der Waals surface area contributed by atoms with E-state index in [0.717, 1.165) is 40.6 Å². The number of rotatable bonds is 6. The topological polar surface area (TPSA) is 44.1 Å². The van der Waals surface area contributed by atoms with Crippen LogP contribution in [0.5, 0.6) is 0 Å². The van der Waals surface area contributed by atoms with Crippen LogP contribution in [-0.4, -0.2) is 28.5 Å². The molecule has 0 aliphatic heterocycles. The molecule has 1 unspecified atom stereocenters. The molecule has 6 heteroatoms. The zero-order valence-electron chi connectivity index (χ0n) is 14.1. The molecule has 1 atom stereocenters. The van der Waals surface area contributed by atoms with Crippen molar-refractivity contribution >= 4 is 33.3 Å². The molecule has 2 aromatic rings. The highest BCUT2D eigenvalue weighted by molar-refractivity contribution is 7.99. The minimum absolute atomic E-state index is 0.142. The van der Waals surface area contributed by atoms with Gasteiger partial charge in [-0.25, -0.2) is 4.98 Å². The molecule has 3 rings (SSSR count). The Bertz CT molecular complexity index is 751. The monoisotopic (exact) mass is 352 g/mol. The third-order valence-corrected chi connectivity index (χ3v) is 6.45. The standard InChI is InChI=1S/C17H24N2O2S2/c1-4-19-16(20)14-12-7-6-11(3)10-13(12)23-15(14)18-17(19)22-9-8-21-5-2/h11H,4-10H2,1-3H3. The summed E-state index contributed by atoms with van der Waals surface area (Å²) in [6.45, 7) is 8.39. The van der Waals surface area contributed by atoms with E-state index in [-0.39, 0.29) is 5.56 Å². The maximum atomic E-state index is 13.0. The number of aromatic nitrogens is 2. The summed E-state index contributed by atoms with van der Waals surface area (Å²) in [6, 6.07) is 0. The van der Waals surface area contributed by atoms with Gasteiger partial charge >= 0.3 is 0 Å². The lowest BCUT2D eigenvalue weighted by atomic mass is 9.89. The van der Waals surface area contributed by atoms with Crippen LogP contribution in [0.3, 0.4) is 0 Å². The second-order valence-corrected chi connectivity index (χ2v) is 8.17. The molecule has 0 radical (unpaired) electrons. The fourth-order valence-corrected chi connectivity index (χ4v) is 5.47. The summed E-state index contributed by atoms with van der Waals surface area (Å²) in [4.78, 5) is 20.1. The number of thioether (sulfide) groups is 1. The zero-order chi connectivity index (χ0) is 16.4. The highest BCUT2D eigenvalue weighted by Crippen LogP contribution is 2.36. The van der Waals surface area contributed by atoms with Crippen LogP contribution in [0, 0.1) is 5.92 Å². The molecule has 0 amide bonds. The van der Waals surface area contributed by atoms with Gasteiger partial charge in [0.05, 0.1) is 12.0 Å². The normalized spacial score (nSPS) is 17.6. The molecule has 0 fully saturated rings. The summed E-state index contributed by atoms with van der Waals surface area (Å²) in [5, 5.41) is 1.71. The van der Waals surface area contributed by atoms with Crippen LogP contribution < -0.4 is 5.56 Å². The van der Waals surface area contributed by atoms with Gasteiger partial charge in [0, 0.05) is 23.8 Å². The Balaban J connectivity index is 2.00. The van der Waals surface area contributed by atoms with Gasteiger partial charge < -0.3 is 4.74 Å². The molecule has 126 valence electrons. The highest BCUT2D eigenvalue weighted by atomic mass is 32.2. The molecule has 0 N–H and O–H groups in total. The number of hydrogen-bond acceptors (Lipinski definition) is 5. The number of thiophene rings is 1. The van der Waals surface area contributed by atoms with E-state index in [1.807, 2.05) is 18.4 Å². The third kappa shape index (κ3) is 3.35. The molecule has 0 saturated carbocycles. The van der Waals surface area contributed by atoms with Gasteiger partial charge in [-0.05, 0) is 44.6 Å². The van der Waals surface area contributed by atoms with Crippen LogP contribution in [-0.2, 0) is 24.1 Å². The lowest BCUT2D eigenvalue weighted by Gasteiger charge is -2.17. The van der Waals surface area contributed by atoms with E-state index in [2.05, 4.69) is 6.92 Å². The third-order valence-electron chi connectivity index (χ3n) is 4.36. The second kappa shape index (κ2) is 7.36. The van der Waals surface area contributed by atoms with Crippen molar-refractivity contribution in [2.24, 2.45) is 5.92 Å². The molecule has 0 saturated heterocycles. The second-order valence-electron chi connectivity index (χ2n) is 6.02. The lowest BCUT2D eigenvalue weighted by Crippen LogP contribution is -2.23. The summed E-state index contributed by atoms with van der Waals surface area (Å²) in [5.41, 5.74) is 1.41. The van der Waals surface area contributed by atoms with E-state index in [1.54, 1.807) is 23.1 Å². The Morgan fingerprint density at radius 3 is 3.00 bits per heavy atom. The Morgan fingerprint density at radius 2 is 2.26 bits per heavy atom. The number of fused-ring (bicyclic) bond motifs is 3. The summed E-state index contributed by atoms with van der Waals surface area (Å²) in [6.07, 6.45) is 3.29. The first kappa shape index (κ1) is 17.0. The number of nitrogens with zero attached hydrogens (tertiary/aromatic N) is 2. The van der Waals surface area contributed by atoms with Crippen LogP contribution >= 0.6 is 23.1 Å². The Kier molecular flexibility index (Phi) is 5.44. The van der Waals surface area contributed by atoms with Crippen molar-refractivity contribution in [3.8, 4) is 0 Å². The molecule has 0 spiro atoms. The summed E-state index contributed by atoms with van der Waals surface area (Å²) < 4.78 is 7.21. The van der Waals surface area contributed by atoms with Crippen molar-refractivity contribution in [1.82, 2.24) is 9.55 Å². The molecular formula is C17H24N2O2S2. The fourth-order valence-electron chi connectivity index (χ4n) is 3.13. The highest BCUT2D eigenvalue weighted by Gasteiger charge is 2.24. The van der Waals surface area contributed by atoms with Crippen LogP contribution in [0.15, 0.2) is 9.95 Å². The molecule has 0 bridgehead atoms. The minimum Gasteiger partial charge on any atom is -0.381 e. The van der Waals surface area contributed by atoms with Crippen molar-refractivity contribution in [1.29, 1.82) is 0 Å². The van der Waals surface area contributed by atoms with Crippen molar-refractivity contribution in [2.45, 2.75) is 51.7 Å². The average Bonchev–Trinajstić information content (AvgIpc) is 2.89. The van der Waals surface area contributed by atoms with Crippen LogP contribution in [0.25, 0.3) is 10.2 Å². The SMILES string of the molecule is CCOCCSc1nc2sc3c(c2c(=O)n1CC)CCC(C)C3. The summed E-state index contributed by atoms with van der Waals surface area (Å²) >= 11 is 3.35. The van der Waals surface area contributed by atoms with Gasteiger partial charge in [-0.3, -0.25) is 9.36 Å². The average molecular weight is 353 g/mol. The first-order chi connectivity index (χ1) is 11.2. The van der Waals surface area contributed by atoms with E-state index < -0.39 is 0 Å². The van der Waals surface area contributed by atoms with Crippen LogP contribution in [0.2, 0.25) is 0 Å². The maximum Gasteiger partial charge on any atom is 0.263 e.